The Kier molecular flexibility index (Phi) is 2.50. The van der Waals surface area contributed by atoms with Crippen molar-refractivity contribution in [1.29, 1.82) is 0 Å². The van der Waals surface area contributed by atoms with E-state index in [1.807, 2.05) is 10.5 Å². The molecule has 4 rings (SSSR count). The van der Waals surface area contributed by atoms with Crippen LogP contribution in [0.1, 0.15) is 28.0 Å². The molecule has 0 bridgehead atoms. The zero-order chi connectivity index (χ0) is 14.4. The van der Waals surface area contributed by atoms with Crippen molar-refractivity contribution >= 4 is 17.4 Å². The molecular weight excluding hydrogens is 270 g/mol. The van der Waals surface area contributed by atoms with Crippen LogP contribution in [0, 0.1) is 0 Å². The maximum atomic E-state index is 12.5. The van der Waals surface area contributed by atoms with Crippen molar-refractivity contribution in [2.75, 3.05) is 5.32 Å². The molecule has 0 radical (unpaired) electrons. The fourth-order valence-corrected chi connectivity index (χ4v) is 2.79. The molecule has 106 valence electrons. The normalized spacial score (nSPS) is 13.6. The van der Waals surface area contributed by atoms with Crippen LogP contribution in [0.5, 0.6) is 0 Å². The van der Waals surface area contributed by atoms with Gasteiger partial charge in [-0.2, -0.15) is 9.90 Å². The Morgan fingerprint density at radius 1 is 1.38 bits per heavy atom. The molecule has 21 heavy (non-hydrogen) atoms. The molecule has 3 heterocycles. The quantitative estimate of drug-likeness (QED) is 0.743. The van der Waals surface area contributed by atoms with E-state index in [0.29, 0.717) is 17.0 Å². The van der Waals surface area contributed by atoms with Gasteiger partial charge in [-0.05, 0) is 30.9 Å². The summed E-state index contributed by atoms with van der Waals surface area (Å²) in [5, 5.41) is 18.7. The Bertz CT molecular complexity index is 847. The molecule has 8 nitrogen and oxygen atoms in total. The topological polar surface area (TPSA) is 90.0 Å². The van der Waals surface area contributed by atoms with Crippen LogP contribution in [-0.4, -0.2) is 35.5 Å². The fraction of sp³-hybridized carbons (Fsp3) is 0.308. The SMILES string of the molecule is Cn1ncc(NC(=O)c2cc3c(n4cnnc24)CCC3)n1. The van der Waals surface area contributed by atoms with Crippen LogP contribution in [0.25, 0.3) is 5.65 Å². The largest absolute Gasteiger partial charge is 0.304 e. The maximum absolute atomic E-state index is 12.5. The molecule has 0 fully saturated rings. The van der Waals surface area contributed by atoms with E-state index in [2.05, 4.69) is 25.7 Å². The fourth-order valence-electron chi connectivity index (χ4n) is 2.79. The van der Waals surface area contributed by atoms with E-state index in [-0.39, 0.29) is 5.91 Å². The minimum Gasteiger partial charge on any atom is -0.304 e. The molecule has 1 aliphatic rings. The molecule has 0 saturated carbocycles. The first kappa shape index (κ1) is 12.0. The molecule has 0 atom stereocenters. The maximum Gasteiger partial charge on any atom is 0.260 e. The first-order chi connectivity index (χ1) is 10.2. The van der Waals surface area contributed by atoms with Gasteiger partial charge in [0.1, 0.15) is 6.33 Å². The van der Waals surface area contributed by atoms with E-state index in [1.165, 1.54) is 22.3 Å². The van der Waals surface area contributed by atoms with E-state index < -0.39 is 0 Å². The van der Waals surface area contributed by atoms with Crippen molar-refractivity contribution in [3.8, 4) is 0 Å². The van der Waals surface area contributed by atoms with Crippen molar-refractivity contribution in [2.24, 2.45) is 7.05 Å². The van der Waals surface area contributed by atoms with Crippen LogP contribution >= 0.6 is 0 Å². The number of pyridine rings is 1. The van der Waals surface area contributed by atoms with Gasteiger partial charge < -0.3 is 5.32 Å². The lowest BCUT2D eigenvalue weighted by molar-refractivity contribution is 0.102. The van der Waals surface area contributed by atoms with Crippen molar-refractivity contribution in [3.05, 3.63) is 35.4 Å². The van der Waals surface area contributed by atoms with Crippen LogP contribution in [-0.2, 0) is 19.9 Å². The zero-order valence-corrected chi connectivity index (χ0v) is 11.4. The summed E-state index contributed by atoms with van der Waals surface area (Å²) in [5.41, 5.74) is 3.48. The van der Waals surface area contributed by atoms with Gasteiger partial charge in [-0.3, -0.25) is 9.20 Å². The second-order valence-corrected chi connectivity index (χ2v) is 5.08. The zero-order valence-electron chi connectivity index (χ0n) is 11.4. The van der Waals surface area contributed by atoms with Crippen molar-refractivity contribution in [3.63, 3.8) is 0 Å². The van der Waals surface area contributed by atoms with Crippen LogP contribution in [0.2, 0.25) is 0 Å². The van der Waals surface area contributed by atoms with Crippen LogP contribution in [0.4, 0.5) is 5.82 Å². The molecule has 3 aromatic rings. The van der Waals surface area contributed by atoms with Gasteiger partial charge in [0.25, 0.3) is 5.91 Å². The predicted molar refractivity (Wildman–Crippen MR) is 74.0 cm³/mol. The molecule has 0 saturated heterocycles. The highest BCUT2D eigenvalue weighted by molar-refractivity contribution is 6.08. The Balaban J connectivity index is 1.78. The number of nitrogens with one attached hydrogen (secondary N) is 1. The molecule has 3 aromatic heterocycles. The lowest BCUT2D eigenvalue weighted by Gasteiger charge is -2.08. The van der Waals surface area contributed by atoms with Gasteiger partial charge in [-0.25, -0.2) is 0 Å². The summed E-state index contributed by atoms with van der Waals surface area (Å²) < 4.78 is 1.91. The van der Waals surface area contributed by atoms with Crippen molar-refractivity contribution < 1.29 is 4.79 Å². The molecular formula is C13H13N7O. The summed E-state index contributed by atoms with van der Waals surface area (Å²) in [6, 6.07) is 1.91. The number of carbonyl (C=O) groups excluding carboxylic acids is 1. The Labute approximate surface area is 119 Å². The number of hydrogen-bond acceptors (Lipinski definition) is 5. The van der Waals surface area contributed by atoms with Gasteiger partial charge >= 0.3 is 0 Å². The number of rotatable bonds is 2. The first-order valence-corrected chi connectivity index (χ1v) is 6.74. The number of carbonyl (C=O) groups is 1. The van der Waals surface area contributed by atoms with Crippen LogP contribution in [0.3, 0.4) is 0 Å². The van der Waals surface area contributed by atoms with E-state index >= 15 is 0 Å². The Morgan fingerprint density at radius 2 is 2.29 bits per heavy atom. The average Bonchev–Trinajstić information content (AvgIpc) is 3.15. The monoisotopic (exact) mass is 283 g/mol. The summed E-state index contributed by atoms with van der Waals surface area (Å²) in [7, 11) is 1.70. The van der Waals surface area contributed by atoms with Gasteiger partial charge in [0.05, 0.1) is 11.8 Å². The molecule has 1 N–H and O–H groups in total. The number of nitrogens with zero attached hydrogens (tertiary/aromatic N) is 6. The van der Waals surface area contributed by atoms with Gasteiger partial charge in [0.2, 0.25) is 0 Å². The van der Waals surface area contributed by atoms with E-state index in [0.717, 1.165) is 19.3 Å². The lowest BCUT2D eigenvalue weighted by atomic mass is 10.1. The number of aromatic nitrogens is 6. The van der Waals surface area contributed by atoms with Gasteiger partial charge in [-0.15, -0.1) is 15.3 Å². The standard InChI is InChI=1S/C13H13N7O/c1-19-15-6-11(18-19)16-13(21)9-5-8-3-2-4-10(8)20-7-14-17-12(9)20/h5-7H,2-4H2,1H3,(H,16,18,21). The third-order valence-corrected chi connectivity index (χ3v) is 3.71. The van der Waals surface area contributed by atoms with E-state index in [1.54, 1.807) is 13.4 Å². The van der Waals surface area contributed by atoms with Crippen molar-refractivity contribution in [2.45, 2.75) is 19.3 Å². The second-order valence-electron chi connectivity index (χ2n) is 5.08. The number of hydrogen-bond donors (Lipinski definition) is 1. The minimum atomic E-state index is -0.247. The van der Waals surface area contributed by atoms with Gasteiger partial charge in [0, 0.05) is 12.7 Å². The second kappa shape index (κ2) is 4.37. The third kappa shape index (κ3) is 1.87. The molecule has 1 aliphatic carbocycles. The number of amides is 1. The van der Waals surface area contributed by atoms with Crippen molar-refractivity contribution in [1.82, 2.24) is 29.6 Å². The Morgan fingerprint density at radius 3 is 3.10 bits per heavy atom. The molecule has 8 heteroatoms. The lowest BCUT2D eigenvalue weighted by Crippen LogP contribution is -2.15. The van der Waals surface area contributed by atoms with E-state index in [9.17, 15) is 4.79 Å². The van der Waals surface area contributed by atoms with Crippen LogP contribution in [0.15, 0.2) is 18.6 Å². The predicted octanol–water partition coefficient (Wildman–Crippen LogP) is 0.599. The molecule has 0 aromatic carbocycles. The van der Waals surface area contributed by atoms with E-state index in [4.69, 9.17) is 0 Å². The summed E-state index contributed by atoms with van der Waals surface area (Å²) >= 11 is 0. The molecule has 0 unspecified atom stereocenters. The molecule has 0 aliphatic heterocycles. The summed E-state index contributed by atoms with van der Waals surface area (Å²) in [6.45, 7) is 0. The molecule has 0 spiro atoms. The first-order valence-electron chi connectivity index (χ1n) is 6.74. The summed E-state index contributed by atoms with van der Waals surface area (Å²) in [6.07, 6.45) is 6.24. The smallest absolute Gasteiger partial charge is 0.260 e. The highest BCUT2D eigenvalue weighted by Gasteiger charge is 2.21. The highest BCUT2D eigenvalue weighted by Crippen LogP contribution is 2.25. The van der Waals surface area contributed by atoms with Gasteiger partial charge in [0.15, 0.2) is 11.5 Å². The highest BCUT2D eigenvalue weighted by atomic mass is 16.1. The summed E-state index contributed by atoms with van der Waals surface area (Å²) in [5.74, 6) is 0.170. The number of aryl methyl sites for hydroxylation is 3. The summed E-state index contributed by atoms with van der Waals surface area (Å²) in [4.78, 5) is 13.9. The molecule has 1 amide bonds. The van der Waals surface area contributed by atoms with Gasteiger partial charge in [-0.1, -0.05) is 0 Å². The average molecular weight is 283 g/mol. The Hall–Kier alpha value is -2.77. The number of fused-ring (bicyclic) bond motifs is 3. The number of anilines is 1. The van der Waals surface area contributed by atoms with Crippen LogP contribution < -0.4 is 5.32 Å². The third-order valence-electron chi connectivity index (χ3n) is 3.71. The minimum absolute atomic E-state index is 0.247.